The maximum atomic E-state index is 14.6. The van der Waals surface area contributed by atoms with E-state index in [1.54, 1.807) is 15.3 Å². The summed E-state index contributed by atoms with van der Waals surface area (Å²) in [5.74, 6) is 0.487. The maximum Gasteiger partial charge on any atom is 0.386 e. The van der Waals surface area contributed by atoms with E-state index in [0.717, 1.165) is 0 Å². The topological polar surface area (TPSA) is 190 Å². The summed E-state index contributed by atoms with van der Waals surface area (Å²) in [5.41, 5.74) is -0.632. The van der Waals surface area contributed by atoms with Gasteiger partial charge in [0.15, 0.2) is 29.1 Å². The molecule has 2 bridgehead atoms. The van der Waals surface area contributed by atoms with Gasteiger partial charge in [-0.1, -0.05) is 53.8 Å². The molecule has 1 N–H and O–H groups in total. The molecule has 2 unspecified atom stereocenters. The quantitative estimate of drug-likeness (QED) is 0.137. The minimum atomic E-state index is -4.36. The molecule has 0 amide bonds. The van der Waals surface area contributed by atoms with E-state index in [1.807, 2.05) is 13.1 Å². The zero-order valence-electron chi connectivity index (χ0n) is 34.0. The van der Waals surface area contributed by atoms with Crippen molar-refractivity contribution < 1.29 is 45.9 Å². The van der Waals surface area contributed by atoms with Crippen LogP contribution in [0, 0.1) is 0 Å². The fourth-order valence-corrected chi connectivity index (χ4v) is 12.2. The summed E-state index contributed by atoms with van der Waals surface area (Å²) in [6.07, 6.45) is 0.615. The van der Waals surface area contributed by atoms with Crippen LogP contribution < -0.4 is 11.1 Å². The lowest BCUT2D eigenvalue weighted by Crippen LogP contribution is -2.50. The highest BCUT2D eigenvalue weighted by Crippen LogP contribution is 2.59. The maximum absolute atomic E-state index is 14.6. The molecule has 58 heavy (non-hydrogen) atoms. The smallest absolute Gasteiger partial charge is 0.386 e. The summed E-state index contributed by atoms with van der Waals surface area (Å²) >= 11 is 10.2. The standard InChI is InChI=1S/C34H52N6O12P2S2Si2/c1-33(2,3)57(7,8)51-26-22-20-46-53(43,55)49-25-21(19-45-54(44,56)50-27(26)29(48-22)39-15-11-23(41)37-17-13-35-31(37)39)47-30(28(25)52-58(9,10)34(4,5)6)40-16-12-24(42)38-18-14-36-32(38)40/h11-18,21-22,25-30H,19-20H2,1-10H3,(H,43,55)(H,44,56)/t21-,22-,25-,26-,27-,28-,29-,30-,53?,54?/m1/s1. The van der Waals surface area contributed by atoms with Crippen molar-refractivity contribution in [1.82, 2.24) is 27.9 Å². The van der Waals surface area contributed by atoms with Crippen LogP contribution in [0.15, 0.2) is 58.9 Å². The molecule has 320 valence electrons. The Morgan fingerprint density at radius 1 is 0.759 bits per heavy atom. The summed E-state index contributed by atoms with van der Waals surface area (Å²) in [4.78, 5) is 46.2. The second kappa shape index (κ2) is 15.5. The number of nitrogens with zero attached hydrogens (tertiary/aromatic N) is 6. The summed E-state index contributed by atoms with van der Waals surface area (Å²) in [6, 6.07) is 2.71. The van der Waals surface area contributed by atoms with Crippen LogP contribution in [0.3, 0.4) is 0 Å². The highest BCUT2D eigenvalue weighted by atomic mass is 32.7. The molecule has 4 aromatic heterocycles. The lowest BCUT2D eigenvalue weighted by molar-refractivity contribution is -0.0590. The first-order chi connectivity index (χ1) is 26.8. The second-order valence-electron chi connectivity index (χ2n) is 17.8. The van der Waals surface area contributed by atoms with Crippen molar-refractivity contribution in [3.63, 3.8) is 0 Å². The van der Waals surface area contributed by atoms with Crippen LogP contribution in [-0.4, -0.2) is 99.3 Å². The van der Waals surface area contributed by atoms with Crippen LogP contribution in [0.4, 0.5) is 0 Å². The van der Waals surface area contributed by atoms with E-state index in [0.29, 0.717) is 0 Å². The SMILES string of the molecule is CC(C)(C)[Si](C)(C)O[C@@H]1[C@@H]2OP(O)(=S)OC[C@H]3O[C@@H](n4ccc(=O)n5ccnc45)[C@H](OP(=O)(S)OC[C@H]2O[C@H]1n1ccc(=O)n2ccnc12)[C@@H]3O[Si](C)(C)C(C)(C)C. The summed E-state index contributed by atoms with van der Waals surface area (Å²) in [6.45, 7) is 11.3. The van der Waals surface area contributed by atoms with Gasteiger partial charge in [0.2, 0.25) is 11.6 Å². The van der Waals surface area contributed by atoms with Gasteiger partial charge in [-0.05, 0) is 48.1 Å². The van der Waals surface area contributed by atoms with Gasteiger partial charge >= 0.3 is 13.5 Å². The Morgan fingerprint density at radius 2 is 1.24 bits per heavy atom. The highest BCUT2D eigenvalue weighted by Gasteiger charge is 2.57. The molecule has 7 rings (SSSR count). The normalized spacial score (nSPS) is 33.2. The van der Waals surface area contributed by atoms with E-state index in [4.69, 9.17) is 48.2 Å². The number of hydrogen-bond donors (Lipinski definition) is 2. The van der Waals surface area contributed by atoms with Crippen LogP contribution in [0.5, 0.6) is 0 Å². The van der Waals surface area contributed by atoms with Crippen molar-refractivity contribution in [1.29, 1.82) is 0 Å². The Kier molecular flexibility index (Phi) is 11.8. The fourth-order valence-electron chi connectivity index (χ4n) is 6.67. The van der Waals surface area contributed by atoms with Gasteiger partial charge < -0.3 is 27.7 Å². The fraction of sp³-hybridized carbons (Fsp3) is 0.647. The Labute approximate surface area is 348 Å². The molecule has 0 spiro atoms. The Bertz CT molecular complexity index is 2400. The summed E-state index contributed by atoms with van der Waals surface area (Å²) in [5, 5.41) is -0.571. The highest BCUT2D eigenvalue weighted by molar-refractivity contribution is 8.44. The largest absolute Gasteiger partial charge is 0.408 e. The van der Waals surface area contributed by atoms with Crippen LogP contribution in [0.25, 0.3) is 11.6 Å². The van der Waals surface area contributed by atoms with Gasteiger partial charge in [0.1, 0.15) is 36.6 Å². The molecular weight excluding hydrogens is 867 g/mol. The molecular formula is C34H52N6O12P2S2Si2. The van der Waals surface area contributed by atoms with Crippen LogP contribution in [0.2, 0.25) is 36.3 Å². The molecule has 3 saturated heterocycles. The lowest BCUT2D eigenvalue weighted by Gasteiger charge is -2.41. The Hall–Kier alpha value is -1.86. The first kappa shape index (κ1) is 44.2. The van der Waals surface area contributed by atoms with Gasteiger partial charge in [0.05, 0.1) is 13.2 Å². The van der Waals surface area contributed by atoms with Crippen molar-refractivity contribution in [2.24, 2.45) is 0 Å². The van der Waals surface area contributed by atoms with E-state index in [1.165, 1.54) is 51.9 Å². The van der Waals surface area contributed by atoms with Crippen LogP contribution in [0.1, 0.15) is 54.0 Å². The number of hydrogen-bond acceptors (Lipinski definition) is 14. The zero-order valence-corrected chi connectivity index (χ0v) is 39.5. The number of thiol groups is 1. The average Bonchev–Trinajstić information content (AvgIpc) is 3.90. The van der Waals surface area contributed by atoms with Gasteiger partial charge in [-0.2, -0.15) is 0 Å². The molecule has 3 aliphatic rings. The van der Waals surface area contributed by atoms with Crippen molar-refractivity contribution in [3.8, 4) is 0 Å². The van der Waals surface area contributed by atoms with Crippen molar-refractivity contribution in [2.75, 3.05) is 13.2 Å². The molecule has 3 aliphatic heterocycles. The Morgan fingerprint density at radius 3 is 1.78 bits per heavy atom. The van der Waals surface area contributed by atoms with Crippen LogP contribution >= 0.6 is 25.8 Å². The van der Waals surface area contributed by atoms with Gasteiger partial charge in [-0.25, -0.2) is 14.5 Å². The minimum Gasteiger partial charge on any atom is -0.408 e. The number of imidazole rings is 2. The van der Waals surface area contributed by atoms with Gasteiger partial charge in [-0.15, -0.1) is 0 Å². The van der Waals surface area contributed by atoms with E-state index in [-0.39, 0.29) is 39.4 Å². The van der Waals surface area contributed by atoms with E-state index in [9.17, 15) is 19.0 Å². The number of ether oxygens (including phenoxy) is 2. The third kappa shape index (κ3) is 8.50. The molecule has 18 nitrogen and oxygen atoms in total. The van der Waals surface area contributed by atoms with Crippen LogP contribution in [-0.2, 0) is 52.8 Å². The summed E-state index contributed by atoms with van der Waals surface area (Å²) in [7, 11) is -5.30. The van der Waals surface area contributed by atoms with Gasteiger partial charge in [-0.3, -0.25) is 41.1 Å². The molecule has 7 heterocycles. The number of aromatic nitrogens is 6. The third-order valence-electron chi connectivity index (χ3n) is 11.8. The van der Waals surface area contributed by atoms with Crippen molar-refractivity contribution in [3.05, 3.63) is 70.0 Å². The monoisotopic (exact) mass is 918 g/mol. The number of fused-ring (bicyclic) bond motifs is 5. The molecule has 24 heteroatoms. The molecule has 0 radical (unpaired) electrons. The van der Waals surface area contributed by atoms with Crippen molar-refractivity contribution in [2.45, 2.75) is 127 Å². The Balaban J connectivity index is 1.31. The molecule has 0 aliphatic carbocycles. The average molecular weight is 919 g/mol. The van der Waals surface area contributed by atoms with Gasteiger partial charge in [0, 0.05) is 49.3 Å². The number of rotatable bonds is 6. The minimum absolute atomic E-state index is 0.223. The van der Waals surface area contributed by atoms with E-state index >= 15 is 0 Å². The summed E-state index contributed by atoms with van der Waals surface area (Å²) < 4.78 is 72.7. The van der Waals surface area contributed by atoms with E-state index in [2.05, 4.69) is 76.9 Å². The first-order valence-corrected chi connectivity index (χ1v) is 30.0. The first-order valence-electron chi connectivity index (χ1n) is 18.9. The van der Waals surface area contributed by atoms with Crippen molar-refractivity contribution >= 4 is 65.8 Å². The zero-order chi connectivity index (χ0) is 42.4. The molecule has 3 fully saturated rings. The lowest BCUT2D eigenvalue weighted by atomic mass is 10.1. The predicted octanol–water partition coefficient (Wildman–Crippen LogP) is 5.65. The molecule has 4 aromatic rings. The predicted molar refractivity (Wildman–Crippen MR) is 226 cm³/mol. The second-order valence-corrected chi connectivity index (χ2v) is 33.0. The molecule has 10 atom stereocenters. The molecule has 0 saturated carbocycles. The molecule has 0 aromatic carbocycles. The van der Waals surface area contributed by atoms with Gasteiger partial charge in [0.25, 0.3) is 11.1 Å². The third-order valence-corrected chi connectivity index (χ3v) is 24.0. The van der Waals surface area contributed by atoms with E-state index < -0.39 is 85.8 Å².